The molecule has 0 fully saturated rings. The van der Waals surface area contributed by atoms with Crippen molar-refractivity contribution in [3.8, 4) is 5.75 Å². The lowest BCUT2D eigenvalue weighted by Gasteiger charge is -2.11. The molecule has 36 heavy (non-hydrogen) atoms. The normalized spacial score (nSPS) is 11.5. The molecule has 10 heteroatoms. The number of esters is 1. The van der Waals surface area contributed by atoms with Crippen molar-refractivity contribution < 1.29 is 22.7 Å². The van der Waals surface area contributed by atoms with E-state index in [4.69, 9.17) is 16.3 Å². The summed E-state index contributed by atoms with van der Waals surface area (Å²) in [6, 6.07) is 24.8. The van der Waals surface area contributed by atoms with Gasteiger partial charge in [0.1, 0.15) is 5.75 Å². The summed E-state index contributed by atoms with van der Waals surface area (Å²) in [5, 5.41) is 6.05. The third-order valence-corrected chi connectivity index (χ3v) is 6.74. The Labute approximate surface area is 212 Å². The average Bonchev–Trinajstić information content (AvgIpc) is 2.89. The molecule has 0 spiro atoms. The molecule has 2 N–H and O–H groups in total. The standard InChI is InChI=1S/C26H20ClN3O5S/c27-20-13-10-19(11-14-20)26(32)35-24-15-12-18-6-4-5-9-22(18)23(24)16-28-30-25(31)17-29-36(33,34)21-7-2-1-3-8-21/h1-16,29H,17H2,(H,30,31)/b28-16+. The molecule has 0 saturated heterocycles. The highest BCUT2D eigenvalue weighted by Crippen LogP contribution is 2.27. The minimum Gasteiger partial charge on any atom is -0.422 e. The van der Waals surface area contributed by atoms with E-state index in [0.29, 0.717) is 16.1 Å². The van der Waals surface area contributed by atoms with E-state index >= 15 is 0 Å². The first-order chi connectivity index (χ1) is 17.3. The van der Waals surface area contributed by atoms with Crippen LogP contribution in [-0.4, -0.2) is 33.1 Å². The Kier molecular flexibility index (Phi) is 7.74. The van der Waals surface area contributed by atoms with Crippen molar-refractivity contribution >= 4 is 50.5 Å². The fourth-order valence-electron chi connectivity index (χ4n) is 3.29. The van der Waals surface area contributed by atoms with Crippen LogP contribution in [0.1, 0.15) is 15.9 Å². The molecule has 0 aliphatic rings. The monoisotopic (exact) mass is 521 g/mol. The quantitative estimate of drug-likeness (QED) is 0.156. The minimum absolute atomic E-state index is 0.0456. The summed E-state index contributed by atoms with van der Waals surface area (Å²) in [7, 11) is -3.84. The van der Waals surface area contributed by atoms with Crippen molar-refractivity contribution in [3.63, 3.8) is 0 Å². The minimum atomic E-state index is -3.84. The molecule has 0 aliphatic heterocycles. The van der Waals surface area contributed by atoms with Crippen molar-refractivity contribution in [2.75, 3.05) is 6.54 Å². The molecule has 4 rings (SSSR count). The number of carbonyl (C=O) groups is 2. The Morgan fingerprint density at radius 1 is 0.889 bits per heavy atom. The summed E-state index contributed by atoms with van der Waals surface area (Å²) < 4.78 is 32.4. The van der Waals surface area contributed by atoms with Gasteiger partial charge in [0.15, 0.2) is 0 Å². The van der Waals surface area contributed by atoms with Gasteiger partial charge < -0.3 is 4.74 Å². The topological polar surface area (TPSA) is 114 Å². The predicted octanol–water partition coefficient (Wildman–Crippen LogP) is 4.14. The Hall–Kier alpha value is -4.05. The zero-order chi connectivity index (χ0) is 25.5. The number of ether oxygens (including phenoxy) is 1. The van der Waals surface area contributed by atoms with E-state index in [1.54, 1.807) is 54.6 Å². The van der Waals surface area contributed by atoms with Crippen molar-refractivity contribution in [1.29, 1.82) is 0 Å². The number of hydrogen-bond donors (Lipinski definition) is 2. The zero-order valence-electron chi connectivity index (χ0n) is 18.7. The molecule has 0 saturated carbocycles. The number of hydrogen-bond acceptors (Lipinski definition) is 6. The molecular weight excluding hydrogens is 502 g/mol. The smallest absolute Gasteiger partial charge is 0.343 e. The number of fused-ring (bicyclic) bond motifs is 1. The van der Waals surface area contributed by atoms with Crippen LogP contribution < -0.4 is 14.9 Å². The van der Waals surface area contributed by atoms with Crippen LogP contribution in [-0.2, 0) is 14.8 Å². The molecule has 4 aromatic carbocycles. The molecule has 4 aromatic rings. The second-order valence-corrected chi connectivity index (χ2v) is 9.73. The fourth-order valence-corrected chi connectivity index (χ4v) is 4.42. The summed E-state index contributed by atoms with van der Waals surface area (Å²) in [5.74, 6) is -1.03. The molecule has 182 valence electrons. The number of hydrazone groups is 1. The van der Waals surface area contributed by atoms with Crippen molar-refractivity contribution in [3.05, 3.63) is 107 Å². The van der Waals surface area contributed by atoms with E-state index in [1.807, 2.05) is 24.3 Å². The predicted molar refractivity (Wildman–Crippen MR) is 138 cm³/mol. The molecule has 8 nitrogen and oxygen atoms in total. The first kappa shape index (κ1) is 25.1. The Morgan fingerprint density at radius 3 is 2.33 bits per heavy atom. The molecule has 0 atom stereocenters. The van der Waals surface area contributed by atoms with E-state index in [9.17, 15) is 18.0 Å². The van der Waals surface area contributed by atoms with Crippen LogP contribution in [0.25, 0.3) is 10.8 Å². The van der Waals surface area contributed by atoms with Gasteiger partial charge in [-0.2, -0.15) is 5.10 Å². The van der Waals surface area contributed by atoms with Gasteiger partial charge in [-0.15, -0.1) is 0 Å². The van der Waals surface area contributed by atoms with Crippen LogP contribution >= 0.6 is 11.6 Å². The van der Waals surface area contributed by atoms with Gasteiger partial charge in [-0.3, -0.25) is 4.79 Å². The maximum Gasteiger partial charge on any atom is 0.343 e. The van der Waals surface area contributed by atoms with Crippen LogP contribution in [0.3, 0.4) is 0 Å². The van der Waals surface area contributed by atoms with Gasteiger partial charge in [0, 0.05) is 10.6 Å². The van der Waals surface area contributed by atoms with Crippen molar-refractivity contribution in [1.82, 2.24) is 10.1 Å². The summed E-state index contributed by atoms with van der Waals surface area (Å²) in [6.45, 7) is -0.511. The highest BCUT2D eigenvalue weighted by Gasteiger charge is 2.16. The Bertz CT molecular complexity index is 1540. The lowest BCUT2D eigenvalue weighted by molar-refractivity contribution is -0.119. The first-order valence-corrected chi connectivity index (χ1v) is 12.6. The molecule has 0 aliphatic carbocycles. The average molecular weight is 522 g/mol. The van der Waals surface area contributed by atoms with Gasteiger partial charge in [-0.25, -0.2) is 23.4 Å². The van der Waals surface area contributed by atoms with Gasteiger partial charge in [0.2, 0.25) is 10.0 Å². The van der Waals surface area contributed by atoms with Crippen LogP contribution in [0.5, 0.6) is 5.75 Å². The summed E-state index contributed by atoms with van der Waals surface area (Å²) >= 11 is 5.89. The van der Waals surface area contributed by atoms with E-state index in [0.717, 1.165) is 10.8 Å². The Morgan fingerprint density at radius 2 is 1.58 bits per heavy atom. The second kappa shape index (κ2) is 11.1. The van der Waals surface area contributed by atoms with Gasteiger partial charge >= 0.3 is 5.97 Å². The largest absolute Gasteiger partial charge is 0.422 e. The summed E-state index contributed by atoms with van der Waals surface area (Å²) in [6.07, 6.45) is 1.34. The number of sulfonamides is 1. The molecule has 1 amide bonds. The second-order valence-electron chi connectivity index (χ2n) is 7.53. The lowest BCUT2D eigenvalue weighted by atomic mass is 10.0. The molecule has 0 unspecified atom stereocenters. The van der Waals surface area contributed by atoms with Crippen molar-refractivity contribution in [2.45, 2.75) is 4.90 Å². The highest BCUT2D eigenvalue weighted by atomic mass is 35.5. The number of amides is 1. The summed E-state index contributed by atoms with van der Waals surface area (Å²) in [4.78, 5) is 24.9. The van der Waals surface area contributed by atoms with E-state index in [2.05, 4.69) is 15.2 Å². The van der Waals surface area contributed by atoms with E-state index < -0.39 is 28.4 Å². The molecule has 0 aromatic heterocycles. The maximum absolute atomic E-state index is 12.6. The summed E-state index contributed by atoms with van der Waals surface area (Å²) in [5.41, 5.74) is 3.06. The van der Waals surface area contributed by atoms with Gasteiger partial charge in [-0.1, -0.05) is 60.1 Å². The fraction of sp³-hybridized carbons (Fsp3) is 0.0385. The van der Waals surface area contributed by atoms with Gasteiger partial charge in [-0.05, 0) is 53.2 Å². The van der Waals surface area contributed by atoms with Gasteiger partial charge in [0.05, 0.1) is 23.2 Å². The number of halogens is 1. The highest BCUT2D eigenvalue weighted by molar-refractivity contribution is 7.89. The van der Waals surface area contributed by atoms with Crippen LogP contribution in [0.2, 0.25) is 5.02 Å². The number of carbonyl (C=O) groups excluding carboxylic acids is 2. The number of rotatable bonds is 8. The van der Waals surface area contributed by atoms with E-state index in [1.165, 1.54) is 18.3 Å². The third-order valence-electron chi connectivity index (χ3n) is 5.07. The maximum atomic E-state index is 12.6. The first-order valence-electron chi connectivity index (χ1n) is 10.7. The SMILES string of the molecule is O=C(CNS(=O)(=O)c1ccccc1)N/N=C/c1c(OC(=O)c2ccc(Cl)cc2)ccc2ccccc12. The van der Waals surface area contributed by atoms with Crippen molar-refractivity contribution in [2.24, 2.45) is 5.10 Å². The molecule has 0 heterocycles. The van der Waals surface area contributed by atoms with E-state index in [-0.39, 0.29) is 10.6 Å². The van der Waals surface area contributed by atoms with Gasteiger partial charge in [0.25, 0.3) is 5.91 Å². The third kappa shape index (κ3) is 6.14. The number of nitrogens with zero attached hydrogens (tertiary/aromatic N) is 1. The molecule has 0 radical (unpaired) electrons. The van der Waals surface area contributed by atoms with Crippen LogP contribution in [0.15, 0.2) is 101 Å². The lowest BCUT2D eigenvalue weighted by Crippen LogP contribution is -2.34. The zero-order valence-corrected chi connectivity index (χ0v) is 20.3. The molecular formula is C26H20ClN3O5S. The number of benzene rings is 4. The number of nitrogens with one attached hydrogen (secondary N) is 2. The Balaban J connectivity index is 1.49. The van der Waals surface area contributed by atoms with Crippen LogP contribution in [0, 0.1) is 0 Å². The molecule has 0 bridgehead atoms. The van der Waals surface area contributed by atoms with Crippen LogP contribution in [0.4, 0.5) is 0 Å².